The van der Waals surface area contributed by atoms with Crippen LogP contribution in [0.25, 0.3) is 0 Å². The Kier molecular flexibility index (Phi) is 4.52. The zero-order chi connectivity index (χ0) is 13.8. The van der Waals surface area contributed by atoms with Gasteiger partial charge in [-0.2, -0.15) is 0 Å². The summed E-state index contributed by atoms with van der Waals surface area (Å²) in [7, 11) is 0. The van der Waals surface area contributed by atoms with Crippen molar-refractivity contribution in [3.05, 3.63) is 11.4 Å². The van der Waals surface area contributed by atoms with E-state index in [2.05, 4.69) is 20.3 Å². The third kappa shape index (κ3) is 3.76. The number of hydrogen-bond acceptors (Lipinski definition) is 5. The highest BCUT2D eigenvalue weighted by Crippen LogP contribution is 2.22. The predicted molar refractivity (Wildman–Crippen MR) is 68.8 cm³/mol. The molecule has 0 aliphatic heterocycles. The smallest absolute Gasteiger partial charge is 0.275 e. The average molecular weight is 267 g/mol. The lowest BCUT2D eigenvalue weighted by atomic mass is 9.92. The number of rotatable bonds is 4. The van der Waals surface area contributed by atoms with E-state index in [1.54, 1.807) is 6.92 Å². The first-order valence-corrected chi connectivity index (χ1v) is 6.81. The Bertz CT molecular complexity index is 423. The molecule has 0 bridgehead atoms. The molecule has 1 aliphatic carbocycles. The van der Waals surface area contributed by atoms with Gasteiger partial charge in [-0.05, 0) is 51.6 Å². The topological polar surface area (TPSA) is 77.2 Å². The molecule has 1 aliphatic rings. The Morgan fingerprint density at radius 1 is 1.32 bits per heavy atom. The Morgan fingerprint density at radius 2 is 2.00 bits per heavy atom. The van der Waals surface area contributed by atoms with Crippen molar-refractivity contribution >= 4 is 5.91 Å². The summed E-state index contributed by atoms with van der Waals surface area (Å²) in [4.78, 5) is 11.9. The van der Waals surface area contributed by atoms with Crippen LogP contribution in [0.4, 0.5) is 0 Å². The van der Waals surface area contributed by atoms with E-state index < -0.39 is 0 Å². The van der Waals surface area contributed by atoms with Crippen molar-refractivity contribution in [2.75, 3.05) is 0 Å². The number of nitrogens with one attached hydrogen (secondary N) is 1. The van der Waals surface area contributed by atoms with E-state index in [-0.39, 0.29) is 23.7 Å². The normalized spacial score (nSPS) is 23.6. The highest BCUT2D eigenvalue weighted by molar-refractivity contribution is 5.93. The number of aromatic nitrogens is 2. The summed E-state index contributed by atoms with van der Waals surface area (Å²) in [5, 5.41) is 10.2. The third-order valence-electron chi connectivity index (χ3n) is 3.34. The van der Waals surface area contributed by atoms with Crippen molar-refractivity contribution in [3.8, 4) is 0 Å². The van der Waals surface area contributed by atoms with E-state index in [0.717, 1.165) is 25.7 Å². The van der Waals surface area contributed by atoms with Gasteiger partial charge < -0.3 is 10.1 Å². The second-order valence-electron chi connectivity index (χ2n) is 5.33. The summed E-state index contributed by atoms with van der Waals surface area (Å²) in [6.45, 7) is 5.81. The molecule has 2 rings (SSSR count). The minimum absolute atomic E-state index is 0.190. The van der Waals surface area contributed by atoms with Crippen LogP contribution in [0.3, 0.4) is 0 Å². The van der Waals surface area contributed by atoms with Crippen LogP contribution in [0, 0.1) is 6.92 Å². The largest absolute Gasteiger partial charge is 0.376 e. The fraction of sp³-hybridized carbons (Fsp3) is 0.769. The van der Waals surface area contributed by atoms with Gasteiger partial charge in [-0.15, -0.1) is 0 Å². The van der Waals surface area contributed by atoms with Gasteiger partial charge in [0.25, 0.3) is 5.91 Å². The summed E-state index contributed by atoms with van der Waals surface area (Å²) in [5.41, 5.74) is 0.801. The van der Waals surface area contributed by atoms with E-state index in [0.29, 0.717) is 11.8 Å². The van der Waals surface area contributed by atoms with E-state index in [1.807, 2.05) is 13.8 Å². The highest BCUT2D eigenvalue weighted by atomic mass is 16.6. The lowest BCUT2D eigenvalue weighted by molar-refractivity contribution is -0.0159. The van der Waals surface area contributed by atoms with Gasteiger partial charge in [0.1, 0.15) is 5.69 Å². The Balaban J connectivity index is 1.80. The first-order valence-electron chi connectivity index (χ1n) is 6.81. The van der Waals surface area contributed by atoms with E-state index in [4.69, 9.17) is 4.74 Å². The van der Waals surface area contributed by atoms with Crippen molar-refractivity contribution in [1.82, 2.24) is 15.6 Å². The zero-order valence-corrected chi connectivity index (χ0v) is 11.7. The minimum Gasteiger partial charge on any atom is -0.376 e. The van der Waals surface area contributed by atoms with Crippen LogP contribution in [0.5, 0.6) is 0 Å². The molecule has 0 unspecified atom stereocenters. The Labute approximate surface area is 112 Å². The fourth-order valence-corrected chi connectivity index (χ4v) is 2.42. The van der Waals surface area contributed by atoms with E-state index >= 15 is 0 Å². The Hall–Kier alpha value is -1.43. The molecule has 0 spiro atoms. The molecular weight excluding hydrogens is 246 g/mol. The minimum atomic E-state index is -0.202. The molecule has 0 saturated heterocycles. The molecule has 1 aromatic heterocycles. The predicted octanol–water partition coefficient (Wildman–Crippen LogP) is 1.84. The van der Waals surface area contributed by atoms with E-state index in [1.165, 1.54) is 0 Å². The second-order valence-corrected chi connectivity index (χ2v) is 5.33. The number of amides is 1. The molecule has 1 saturated carbocycles. The molecule has 6 nitrogen and oxygen atoms in total. The number of nitrogens with zero attached hydrogens (tertiary/aromatic N) is 2. The number of aryl methyl sites for hydroxylation is 1. The molecule has 0 radical (unpaired) electrons. The molecule has 1 amide bonds. The number of hydrogen-bond donors (Lipinski definition) is 1. The van der Waals surface area contributed by atoms with Gasteiger partial charge in [0, 0.05) is 6.04 Å². The van der Waals surface area contributed by atoms with Crippen LogP contribution in [-0.4, -0.2) is 34.5 Å². The van der Waals surface area contributed by atoms with Crippen LogP contribution in [0.15, 0.2) is 4.63 Å². The first-order chi connectivity index (χ1) is 9.06. The Morgan fingerprint density at radius 3 is 2.53 bits per heavy atom. The standard InChI is InChI=1S/C13H21N3O3/c1-8(2)18-11-6-4-10(5-7-11)14-13(17)12-9(3)15-19-16-12/h8,10-11H,4-7H2,1-3H3,(H,14,17). The van der Waals surface area contributed by atoms with Crippen LogP contribution in [0.1, 0.15) is 55.7 Å². The lowest BCUT2D eigenvalue weighted by Crippen LogP contribution is -2.39. The van der Waals surface area contributed by atoms with Gasteiger partial charge >= 0.3 is 0 Å². The van der Waals surface area contributed by atoms with Crippen LogP contribution >= 0.6 is 0 Å². The summed E-state index contributed by atoms with van der Waals surface area (Å²) in [6.07, 6.45) is 4.43. The van der Waals surface area contributed by atoms with Gasteiger partial charge in [0.05, 0.1) is 12.2 Å². The maximum absolute atomic E-state index is 11.9. The molecule has 0 aromatic carbocycles. The van der Waals surface area contributed by atoms with E-state index in [9.17, 15) is 4.79 Å². The summed E-state index contributed by atoms with van der Waals surface area (Å²) >= 11 is 0. The van der Waals surface area contributed by atoms with Crippen molar-refractivity contribution in [3.63, 3.8) is 0 Å². The van der Waals surface area contributed by atoms with Crippen LogP contribution in [-0.2, 0) is 4.74 Å². The third-order valence-corrected chi connectivity index (χ3v) is 3.34. The molecule has 106 valence electrons. The second kappa shape index (κ2) is 6.14. The molecule has 19 heavy (non-hydrogen) atoms. The van der Waals surface area contributed by atoms with Gasteiger partial charge in [0.15, 0.2) is 5.69 Å². The number of carbonyl (C=O) groups excluding carboxylic acids is 1. The molecule has 1 heterocycles. The molecular formula is C13H21N3O3. The van der Waals surface area contributed by atoms with Gasteiger partial charge in [-0.3, -0.25) is 4.79 Å². The summed E-state index contributed by atoms with van der Waals surface area (Å²) in [5.74, 6) is -0.202. The van der Waals surface area contributed by atoms with Crippen LogP contribution < -0.4 is 5.32 Å². The fourth-order valence-electron chi connectivity index (χ4n) is 2.42. The number of ether oxygens (including phenoxy) is 1. The molecule has 6 heteroatoms. The quantitative estimate of drug-likeness (QED) is 0.900. The SMILES string of the molecule is Cc1nonc1C(=O)NC1CCC(OC(C)C)CC1. The van der Waals surface area contributed by atoms with Gasteiger partial charge in [-0.1, -0.05) is 5.16 Å². The molecule has 1 aromatic rings. The molecule has 0 atom stereocenters. The van der Waals surface area contributed by atoms with Crippen molar-refractivity contribution in [2.45, 2.75) is 64.7 Å². The average Bonchev–Trinajstić information content (AvgIpc) is 2.77. The van der Waals surface area contributed by atoms with Crippen LogP contribution in [0.2, 0.25) is 0 Å². The van der Waals surface area contributed by atoms with Gasteiger partial charge in [-0.25, -0.2) is 4.63 Å². The maximum Gasteiger partial charge on any atom is 0.275 e. The lowest BCUT2D eigenvalue weighted by Gasteiger charge is -2.30. The van der Waals surface area contributed by atoms with Gasteiger partial charge in [0.2, 0.25) is 0 Å². The molecule has 1 fully saturated rings. The summed E-state index contributed by atoms with van der Waals surface area (Å²) < 4.78 is 10.3. The van der Waals surface area contributed by atoms with Crippen molar-refractivity contribution in [1.29, 1.82) is 0 Å². The molecule has 1 N–H and O–H groups in total. The monoisotopic (exact) mass is 267 g/mol. The summed E-state index contributed by atoms with van der Waals surface area (Å²) in [6, 6.07) is 0.190. The van der Waals surface area contributed by atoms with Crippen molar-refractivity contribution in [2.24, 2.45) is 0 Å². The number of carbonyl (C=O) groups is 1. The zero-order valence-electron chi connectivity index (χ0n) is 11.7. The highest BCUT2D eigenvalue weighted by Gasteiger charge is 2.25. The maximum atomic E-state index is 11.9. The van der Waals surface area contributed by atoms with Crippen molar-refractivity contribution < 1.29 is 14.2 Å². The first kappa shape index (κ1) is 14.0.